The van der Waals surface area contributed by atoms with Crippen molar-refractivity contribution >= 4 is 42.4 Å². The second-order valence-corrected chi connectivity index (χ2v) is 6.99. The van der Waals surface area contributed by atoms with Gasteiger partial charge in [-0.3, -0.25) is 4.72 Å². The molecule has 8 heteroatoms. The number of thiazole rings is 1. The molecule has 3 rings (SSSR count). The van der Waals surface area contributed by atoms with Crippen molar-refractivity contribution in [1.29, 1.82) is 0 Å². The molecule has 0 unspecified atom stereocenters. The van der Waals surface area contributed by atoms with Gasteiger partial charge in [-0.2, -0.15) is 0 Å². The molecule has 1 aromatic heterocycles. The lowest BCUT2D eigenvalue weighted by atomic mass is 10.3. The van der Waals surface area contributed by atoms with Crippen molar-refractivity contribution in [3.63, 3.8) is 0 Å². The number of para-hydroxylation sites is 1. The summed E-state index contributed by atoms with van der Waals surface area (Å²) in [5.74, 6) is -0.658. The molecule has 0 spiro atoms. The van der Waals surface area contributed by atoms with E-state index in [9.17, 15) is 12.8 Å². The SMILES string of the molecule is Nc1cc(S(=O)(=O)Nc2nc3ccccc3s2)ccc1F. The normalized spacial score (nSPS) is 11.7. The van der Waals surface area contributed by atoms with Crippen molar-refractivity contribution in [3.05, 3.63) is 48.3 Å². The molecule has 0 saturated heterocycles. The first-order valence-corrected chi connectivity index (χ1v) is 8.19. The lowest BCUT2D eigenvalue weighted by molar-refractivity contribution is 0.600. The summed E-state index contributed by atoms with van der Waals surface area (Å²) in [5, 5.41) is 0.249. The molecule has 0 amide bonds. The number of aromatic nitrogens is 1. The first kappa shape index (κ1) is 13.8. The van der Waals surface area contributed by atoms with Gasteiger partial charge in [0, 0.05) is 0 Å². The van der Waals surface area contributed by atoms with Gasteiger partial charge in [0.15, 0.2) is 5.13 Å². The minimum Gasteiger partial charge on any atom is -0.396 e. The van der Waals surface area contributed by atoms with E-state index in [2.05, 4.69) is 9.71 Å². The van der Waals surface area contributed by atoms with Crippen molar-refractivity contribution in [2.45, 2.75) is 4.90 Å². The van der Waals surface area contributed by atoms with Crippen LogP contribution in [0.4, 0.5) is 15.2 Å². The summed E-state index contributed by atoms with van der Waals surface area (Å²) in [6.45, 7) is 0. The van der Waals surface area contributed by atoms with Crippen molar-refractivity contribution in [3.8, 4) is 0 Å². The predicted octanol–water partition coefficient (Wildman–Crippen LogP) is 2.82. The first-order chi connectivity index (χ1) is 9.95. The van der Waals surface area contributed by atoms with Crippen LogP contribution in [0.5, 0.6) is 0 Å². The average molecular weight is 323 g/mol. The number of halogens is 1. The monoisotopic (exact) mass is 323 g/mol. The molecule has 0 aliphatic heterocycles. The van der Waals surface area contributed by atoms with Crippen LogP contribution in [0.1, 0.15) is 0 Å². The summed E-state index contributed by atoms with van der Waals surface area (Å²) >= 11 is 1.22. The fraction of sp³-hybridized carbons (Fsp3) is 0. The molecule has 108 valence electrons. The summed E-state index contributed by atoms with van der Waals surface area (Å²) in [6.07, 6.45) is 0. The molecule has 21 heavy (non-hydrogen) atoms. The molecular weight excluding hydrogens is 313 g/mol. The number of nitrogens with two attached hydrogens (primary N) is 1. The van der Waals surface area contributed by atoms with E-state index in [-0.39, 0.29) is 15.7 Å². The number of anilines is 2. The van der Waals surface area contributed by atoms with Gasteiger partial charge in [0.25, 0.3) is 10.0 Å². The number of hydrogen-bond acceptors (Lipinski definition) is 5. The van der Waals surface area contributed by atoms with Crippen LogP contribution in [-0.4, -0.2) is 13.4 Å². The van der Waals surface area contributed by atoms with Gasteiger partial charge in [0.1, 0.15) is 5.82 Å². The number of benzene rings is 2. The maximum atomic E-state index is 13.1. The van der Waals surface area contributed by atoms with E-state index in [0.717, 1.165) is 22.9 Å². The number of fused-ring (bicyclic) bond motifs is 1. The van der Waals surface area contributed by atoms with E-state index in [0.29, 0.717) is 5.52 Å². The number of nitrogens with zero attached hydrogens (tertiary/aromatic N) is 1. The Hall–Kier alpha value is -2.19. The molecule has 2 aromatic carbocycles. The van der Waals surface area contributed by atoms with Gasteiger partial charge < -0.3 is 5.73 Å². The number of nitrogens with one attached hydrogen (secondary N) is 1. The fourth-order valence-corrected chi connectivity index (χ4v) is 3.91. The largest absolute Gasteiger partial charge is 0.396 e. The molecule has 0 fully saturated rings. The second kappa shape index (κ2) is 4.97. The standard InChI is InChI=1S/C13H10FN3O2S2/c14-9-6-5-8(7-10(9)15)21(18,19)17-13-16-11-3-1-2-4-12(11)20-13/h1-7H,15H2,(H,16,17). The molecule has 0 aliphatic carbocycles. The molecule has 0 radical (unpaired) electrons. The van der Waals surface area contributed by atoms with Crippen LogP contribution < -0.4 is 10.5 Å². The number of rotatable bonds is 3. The van der Waals surface area contributed by atoms with E-state index in [4.69, 9.17) is 5.73 Å². The molecule has 0 atom stereocenters. The maximum absolute atomic E-state index is 13.1. The van der Waals surface area contributed by atoms with Crippen molar-refractivity contribution in [2.75, 3.05) is 10.5 Å². The second-order valence-electron chi connectivity index (χ2n) is 4.28. The summed E-state index contributed by atoms with van der Waals surface area (Å²) in [5.41, 5.74) is 5.88. The van der Waals surface area contributed by atoms with Crippen LogP contribution in [0.25, 0.3) is 10.2 Å². The number of nitrogen functional groups attached to an aromatic ring is 1. The zero-order valence-corrected chi connectivity index (χ0v) is 12.2. The Bertz CT molecular complexity index is 889. The predicted molar refractivity (Wildman–Crippen MR) is 81.2 cm³/mol. The van der Waals surface area contributed by atoms with Crippen molar-refractivity contribution in [2.24, 2.45) is 0 Å². The minimum atomic E-state index is -3.85. The Balaban J connectivity index is 1.96. The topological polar surface area (TPSA) is 85.1 Å². The molecule has 0 bridgehead atoms. The molecule has 1 heterocycles. The van der Waals surface area contributed by atoms with Crippen LogP contribution in [0, 0.1) is 5.82 Å². The quantitative estimate of drug-likeness (QED) is 0.726. The van der Waals surface area contributed by atoms with Crippen LogP contribution in [0.3, 0.4) is 0 Å². The summed E-state index contributed by atoms with van der Waals surface area (Å²) < 4.78 is 40.8. The Morgan fingerprint density at radius 2 is 1.95 bits per heavy atom. The van der Waals surface area contributed by atoms with Crippen LogP contribution in [-0.2, 0) is 10.0 Å². The Labute approximate surface area is 124 Å². The van der Waals surface area contributed by atoms with Crippen molar-refractivity contribution < 1.29 is 12.8 Å². The van der Waals surface area contributed by atoms with E-state index in [1.807, 2.05) is 18.2 Å². The molecular formula is C13H10FN3O2S2. The molecule has 0 saturated carbocycles. The van der Waals surface area contributed by atoms with Gasteiger partial charge in [-0.25, -0.2) is 17.8 Å². The summed E-state index contributed by atoms with van der Waals surface area (Å²) in [7, 11) is -3.85. The number of hydrogen-bond donors (Lipinski definition) is 2. The highest BCUT2D eigenvalue weighted by Crippen LogP contribution is 2.27. The zero-order valence-electron chi connectivity index (χ0n) is 10.6. The molecule has 5 nitrogen and oxygen atoms in total. The highest BCUT2D eigenvalue weighted by Gasteiger charge is 2.17. The Morgan fingerprint density at radius 1 is 1.19 bits per heavy atom. The third kappa shape index (κ3) is 2.67. The van der Waals surface area contributed by atoms with Gasteiger partial charge in [0.2, 0.25) is 0 Å². The maximum Gasteiger partial charge on any atom is 0.263 e. The fourth-order valence-electron chi connectivity index (χ4n) is 1.78. The summed E-state index contributed by atoms with van der Waals surface area (Å²) in [6, 6.07) is 10.6. The van der Waals surface area contributed by atoms with E-state index in [1.165, 1.54) is 11.3 Å². The number of sulfonamides is 1. The zero-order chi connectivity index (χ0) is 15.0. The third-order valence-corrected chi connectivity index (χ3v) is 5.21. The third-order valence-electron chi connectivity index (χ3n) is 2.79. The Morgan fingerprint density at radius 3 is 2.67 bits per heavy atom. The van der Waals surface area contributed by atoms with Crippen molar-refractivity contribution in [1.82, 2.24) is 4.98 Å². The van der Waals surface area contributed by atoms with Gasteiger partial charge in [-0.1, -0.05) is 23.5 Å². The van der Waals surface area contributed by atoms with Gasteiger partial charge in [0.05, 0.1) is 20.8 Å². The van der Waals surface area contributed by atoms with Crippen LogP contribution >= 0.6 is 11.3 Å². The first-order valence-electron chi connectivity index (χ1n) is 5.89. The lowest BCUT2D eigenvalue weighted by Gasteiger charge is -2.06. The highest BCUT2D eigenvalue weighted by molar-refractivity contribution is 7.93. The van der Waals surface area contributed by atoms with E-state index in [1.54, 1.807) is 6.07 Å². The smallest absolute Gasteiger partial charge is 0.263 e. The average Bonchev–Trinajstić information content (AvgIpc) is 2.82. The molecule has 3 N–H and O–H groups in total. The minimum absolute atomic E-state index is 0.111. The van der Waals surface area contributed by atoms with Gasteiger partial charge in [-0.15, -0.1) is 0 Å². The van der Waals surface area contributed by atoms with Gasteiger partial charge >= 0.3 is 0 Å². The molecule has 3 aromatic rings. The molecule has 0 aliphatic rings. The van der Waals surface area contributed by atoms with Crippen LogP contribution in [0.15, 0.2) is 47.4 Å². The summed E-state index contributed by atoms with van der Waals surface area (Å²) in [4.78, 5) is 4.08. The Kier molecular flexibility index (Phi) is 3.26. The van der Waals surface area contributed by atoms with Crippen LogP contribution in [0.2, 0.25) is 0 Å². The van der Waals surface area contributed by atoms with E-state index < -0.39 is 15.8 Å². The lowest BCUT2D eigenvalue weighted by Crippen LogP contribution is -2.13. The van der Waals surface area contributed by atoms with Gasteiger partial charge in [-0.05, 0) is 30.3 Å². The highest BCUT2D eigenvalue weighted by atomic mass is 32.2. The van der Waals surface area contributed by atoms with E-state index >= 15 is 0 Å².